The highest BCUT2D eigenvalue weighted by Crippen LogP contribution is 2.20. The van der Waals surface area contributed by atoms with E-state index < -0.39 is 10.0 Å². The van der Waals surface area contributed by atoms with Crippen molar-refractivity contribution in [2.45, 2.75) is 31.3 Å². The molecule has 0 bridgehead atoms. The highest BCUT2D eigenvalue weighted by atomic mass is 35.5. The molecule has 1 aliphatic rings. The normalized spacial score (nSPS) is 15.7. The number of carbonyl (C=O) groups is 1. The van der Waals surface area contributed by atoms with Crippen molar-refractivity contribution in [1.82, 2.24) is 14.1 Å². The maximum atomic E-state index is 13.0. The molecule has 1 heterocycles. The molecule has 0 aliphatic carbocycles. The Bertz CT molecular complexity index is 1000. The summed E-state index contributed by atoms with van der Waals surface area (Å²) < 4.78 is 26.8. The van der Waals surface area contributed by atoms with Crippen molar-refractivity contribution in [2.24, 2.45) is 0 Å². The number of halogens is 1. The summed E-state index contributed by atoms with van der Waals surface area (Å²) in [5.41, 5.74) is 1.55. The van der Waals surface area contributed by atoms with Crippen LogP contribution >= 0.6 is 11.6 Å². The van der Waals surface area contributed by atoms with Gasteiger partial charge >= 0.3 is 0 Å². The summed E-state index contributed by atoms with van der Waals surface area (Å²) >= 11 is 6.06. The van der Waals surface area contributed by atoms with Crippen LogP contribution in [0.15, 0.2) is 53.4 Å². The van der Waals surface area contributed by atoms with Gasteiger partial charge in [0.1, 0.15) is 0 Å². The predicted octanol–water partition coefficient (Wildman–Crippen LogP) is 3.33. The minimum atomic E-state index is -3.63. The lowest BCUT2D eigenvalue weighted by atomic mass is 10.1. The second-order valence-electron chi connectivity index (χ2n) is 7.84. The Labute approximate surface area is 184 Å². The summed E-state index contributed by atoms with van der Waals surface area (Å²) in [5, 5.41) is 0.722. The lowest BCUT2D eigenvalue weighted by molar-refractivity contribution is 0.0628. The van der Waals surface area contributed by atoms with E-state index in [2.05, 4.69) is 4.90 Å². The molecule has 1 aliphatic heterocycles. The van der Waals surface area contributed by atoms with Crippen LogP contribution in [0.2, 0.25) is 5.02 Å². The summed E-state index contributed by atoms with van der Waals surface area (Å²) in [6, 6.07) is 14.0. The largest absolute Gasteiger partial charge is 0.336 e. The number of benzene rings is 2. The second kappa shape index (κ2) is 9.47. The van der Waals surface area contributed by atoms with Gasteiger partial charge in [-0.05, 0) is 49.7 Å². The van der Waals surface area contributed by atoms with Gasteiger partial charge in [-0.1, -0.05) is 29.8 Å². The highest BCUT2D eigenvalue weighted by Gasteiger charge is 2.26. The predicted molar refractivity (Wildman–Crippen MR) is 119 cm³/mol. The standard InChI is InChI=1S/C22H28ClN3O3S/c1-17(2)24(3)30(28,29)21-9-5-7-19(15-21)22(27)26-12-10-25(11-13-26)16-18-6-4-8-20(23)14-18/h4-9,14-15,17H,10-13,16H2,1-3H3. The van der Waals surface area contributed by atoms with E-state index in [4.69, 9.17) is 11.6 Å². The average molecular weight is 450 g/mol. The van der Waals surface area contributed by atoms with Crippen molar-refractivity contribution in [2.75, 3.05) is 33.2 Å². The lowest BCUT2D eigenvalue weighted by Gasteiger charge is -2.35. The van der Waals surface area contributed by atoms with E-state index in [1.165, 1.54) is 16.4 Å². The smallest absolute Gasteiger partial charge is 0.253 e. The van der Waals surface area contributed by atoms with Crippen molar-refractivity contribution in [3.8, 4) is 0 Å². The fourth-order valence-electron chi connectivity index (χ4n) is 3.42. The van der Waals surface area contributed by atoms with Gasteiger partial charge in [0.05, 0.1) is 4.90 Å². The van der Waals surface area contributed by atoms with Crippen molar-refractivity contribution < 1.29 is 13.2 Å². The van der Waals surface area contributed by atoms with Gasteiger partial charge in [-0.25, -0.2) is 8.42 Å². The van der Waals surface area contributed by atoms with Crippen LogP contribution in [0.5, 0.6) is 0 Å². The van der Waals surface area contributed by atoms with Crippen LogP contribution in [0, 0.1) is 0 Å². The Balaban J connectivity index is 1.65. The van der Waals surface area contributed by atoms with Gasteiger partial charge in [0.2, 0.25) is 10.0 Å². The van der Waals surface area contributed by atoms with Gasteiger partial charge in [-0.3, -0.25) is 9.69 Å². The molecule has 0 aromatic heterocycles. The molecule has 3 rings (SSSR count). The topological polar surface area (TPSA) is 60.9 Å². The van der Waals surface area contributed by atoms with Crippen molar-refractivity contribution in [3.63, 3.8) is 0 Å². The molecule has 0 N–H and O–H groups in total. The Hall–Kier alpha value is -1.93. The van der Waals surface area contributed by atoms with Crippen LogP contribution in [0.3, 0.4) is 0 Å². The summed E-state index contributed by atoms with van der Waals surface area (Å²) in [4.78, 5) is 17.2. The molecule has 0 spiro atoms. The number of nitrogens with zero attached hydrogens (tertiary/aromatic N) is 3. The van der Waals surface area contributed by atoms with Crippen LogP contribution < -0.4 is 0 Å². The van der Waals surface area contributed by atoms with Crippen molar-refractivity contribution >= 4 is 27.5 Å². The Morgan fingerprint density at radius 2 is 1.73 bits per heavy atom. The maximum absolute atomic E-state index is 13.0. The molecule has 0 atom stereocenters. The van der Waals surface area contributed by atoms with Crippen molar-refractivity contribution in [1.29, 1.82) is 0 Å². The van der Waals surface area contributed by atoms with E-state index in [1.54, 1.807) is 24.1 Å². The SMILES string of the molecule is CC(C)N(C)S(=O)(=O)c1cccc(C(=O)N2CCN(Cc3cccc(Cl)c3)CC2)c1. The second-order valence-corrected chi connectivity index (χ2v) is 10.3. The first kappa shape index (κ1) is 22.7. The molecule has 0 saturated carbocycles. The van der Waals surface area contributed by atoms with Crippen LogP contribution in [-0.2, 0) is 16.6 Å². The average Bonchev–Trinajstić information content (AvgIpc) is 2.73. The first-order chi connectivity index (χ1) is 14.2. The molecule has 2 aromatic rings. The van der Waals surface area contributed by atoms with E-state index in [0.717, 1.165) is 30.2 Å². The summed E-state index contributed by atoms with van der Waals surface area (Å²) in [5.74, 6) is -0.137. The highest BCUT2D eigenvalue weighted by molar-refractivity contribution is 7.89. The fraction of sp³-hybridized carbons (Fsp3) is 0.409. The molecule has 2 aromatic carbocycles. The number of rotatable bonds is 6. The zero-order chi connectivity index (χ0) is 21.9. The Morgan fingerprint density at radius 3 is 2.37 bits per heavy atom. The zero-order valence-electron chi connectivity index (χ0n) is 17.6. The third-order valence-corrected chi connectivity index (χ3v) is 7.70. The van der Waals surface area contributed by atoms with Gasteiger partial charge in [0.25, 0.3) is 5.91 Å². The minimum absolute atomic E-state index is 0.137. The molecular weight excluding hydrogens is 422 g/mol. The van der Waals surface area contributed by atoms with Gasteiger partial charge in [0.15, 0.2) is 0 Å². The van der Waals surface area contributed by atoms with Crippen molar-refractivity contribution in [3.05, 3.63) is 64.7 Å². The minimum Gasteiger partial charge on any atom is -0.336 e. The van der Waals surface area contributed by atoms with Gasteiger partial charge in [-0.15, -0.1) is 0 Å². The lowest BCUT2D eigenvalue weighted by Crippen LogP contribution is -2.48. The number of hydrogen-bond acceptors (Lipinski definition) is 4. The van der Waals surface area contributed by atoms with E-state index in [-0.39, 0.29) is 16.8 Å². The molecule has 30 heavy (non-hydrogen) atoms. The molecule has 162 valence electrons. The van der Waals surface area contributed by atoms with Crippen LogP contribution in [0.4, 0.5) is 0 Å². The molecule has 8 heteroatoms. The molecule has 1 saturated heterocycles. The third kappa shape index (κ3) is 5.21. The number of amides is 1. The van der Waals surface area contributed by atoms with E-state index in [9.17, 15) is 13.2 Å². The Morgan fingerprint density at radius 1 is 1.07 bits per heavy atom. The molecule has 6 nitrogen and oxygen atoms in total. The maximum Gasteiger partial charge on any atom is 0.253 e. The first-order valence-corrected chi connectivity index (χ1v) is 11.8. The van der Waals surface area contributed by atoms with Crippen LogP contribution in [-0.4, -0.2) is 67.7 Å². The Kier molecular flexibility index (Phi) is 7.18. The van der Waals surface area contributed by atoms with Crippen LogP contribution in [0.1, 0.15) is 29.8 Å². The molecule has 0 radical (unpaired) electrons. The zero-order valence-corrected chi connectivity index (χ0v) is 19.2. The first-order valence-electron chi connectivity index (χ1n) is 10.0. The van der Waals surface area contributed by atoms with Gasteiger partial charge < -0.3 is 4.90 Å². The van der Waals surface area contributed by atoms with Crippen LogP contribution in [0.25, 0.3) is 0 Å². The van der Waals surface area contributed by atoms with Gasteiger partial charge in [0, 0.05) is 56.4 Å². The summed E-state index contributed by atoms with van der Waals surface area (Å²) in [6.07, 6.45) is 0. The summed E-state index contributed by atoms with van der Waals surface area (Å²) in [6.45, 7) is 7.13. The molecule has 1 amide bonds. The third-order valence-electron chi connectivity index (χ3n) is 5.44. The number of hydrogen-bond donors (Lipinski definition) is 0. The number of sulfonamides is 1. The quantitative estimate of drug-likeness (QED) is 0.678. The number of piperazine rings is 1. The van der Waals surface area contributed by atoms with E-state index in [1.807, 2.05) is 38.1 Å². The molecular formula is C22H28ClN3O3S. The number of carbonyl (C=O) groups excluding carboxylic acids is 1. The monoisotopic (exact) mass is 449 g/mol. The van der Waals surface area contributed by atoms with Gasteiger partial charge in [-0.2, -0.15) is 4.31 Å². The van der Waals surface area contributed by atoms with E-state index in [0.29, 0.717) is 18.7 Å². The molecule has 1 fully saturated rings. The van der Waals surface area contributed by atoms with E-state index >= 15 is 0 Å². The fourth-order valence-corrected chi connectivity index (χ4v) is 5.05. The summed E-state index contributed by atoms with van der Waals surface area (Å²) in [7, 11) is -2.08. The molecule has 0 unspecified atom stereocenters.